The number of hydrogen-bond acceptors (Lipinski definition) is 5. The molecule has 2 heterocycles. The van der Waals surface area contributed by atoms with E-state index in [-0.39, 0.29) is 0 Å². The highest BCUT2D eigenvalue weighted by Crippen LogP contribution is 2.28. The summed E-state index contributed by atoms with van der Waals surface area (Å²) in [4.78, 5) is 11.0. The largest absolute Gasteiger partial charge is 0.481 e. The standard InChI is InChI=1S/C14H22N4O/c1-19-13-4-7-15-14(17-13)18-8-5-12(6-9-18)16-10-11-2-3-11/h4,7,11-12,16H,2-3,5-6,8-10H2,1H3. The summed E-state index contributed by atoms with van der Waals surface area (Å²) in [5.74, 6) is 2.39. The second-order valence-corrected chi connectivity index (χ2v) is 5.51. The highest BCUT2D eigenvalue weighted by Gasteiger charge is 2.25. The van der Waals surface area contributed by atoms with Crippen LogP contribution in [-0.2, 0) is 0 Å². The first-order chi connectivity index (χ1) is 9.35. The highest BCUT2D eigenvalue weighted by atomic mass is 16.5. The second kappa shape index (κ2) is 5.74. The SMILES string of the molecule is COc1ccnc(N2CCC(NCC3CC3)CC2)n1. The van der Waals surface area contributed by atoms with Gasteiger partial charge in [-0.05, 0) is 38.1 Å². The Hall–Kier alpha value is -1.36. The van der Waals surface area contributed by atoms with E-state index in [1.807, 2.05) is 0 Å². The van der Waals surface area contributed by atoms with Gasteiger partial charge >= 0.3 is 0 Å². The van der Waals surface area contributed by atoms with Crippen molar-refractivity contribution in [2.75, 3.05) is 31.6 Å². The van der Waals surface area contributed by atoms with Gasteiger partial charge in [-0.1, -0.05) is 0 Å². The van der Waals surface area contributed by atoms with Gasteiger partial charge in [0.15, 0.2) is 0 Å². The van der Waals surface area contributed by atoms with Gasteiger partial charge in [0.25, 0.3) is 0 Å². The molecule has 0 amide bonds. The van der Waals surface area contributed by atoms with Crippen LogP contribution in [0.1, 0.15) is 25.7 Å². The average molecular weight is 262 g/mol. The smallest absolute Gasteiger partial charge is 0.228 e. The van der Waals surface area contributed by atoms with Gasteiger partial charge in [-0.15, -0.1) is 0 Å². The summed E-state index contributed by atoms with van der Waals surface area (Å²) >= 11 is 0. The minimum Gasteiger partial charge on any atom is -0.481 e. The summed E-state index contributed by atoms with van der Waals surface area (Å²) in [6.45, 7) is 3.26. The van der Waals surface area contributed by atoms with Gasteiger partial charge in [-0.25, -0.2) is 4.98 Å². The molecule has 3 rings (SSSR count). The molecule has 0 bridgehead atoms. The van der Waals surface area contributed by atoms with Gasteiger partial charge in [-0.3, -0.25) is 0 Å². The zero-order chi connectivity index (χ0) is 13.1. The number of ether oxygens (including phenoxy) is 1. The monoisotopic (exact) mass is 262 g/mol. The lowest BCUT2D eigenvalue weighted by atomic mass is 10.1. The van der Waals surface area contributed by atoms with E-state index >= 15 is 0 Å². The fourth-order valence-corrected chi connectivity index (χ4v) is 2.54. The molecule has 1 aromatic heterocycles. The fourth-order valence-electron chi connectivity index (χ4n) is 2.54. The van der Waals surface area contributed by atoms with Gasteiger partial charge < -0.3 is 15.0 Å². The van der Waals surface area contributed by atoms with Crippen LogP contribution in [0.3, 0.4) is 0 Å². The molecule has 0 spiro atoms. The fraction of sp³-hybridized carbons (Fsp3) is 0.714. The van der Waals surface area contributed by atoms with Crippen LogP contribution < -0.4 is 15.0 Å². The predicted molar refractivity (Wildman–Crippen MR) is 74.5 cm³/mol. The quantitative estimate of drug-likeness (QED) is 0.870. The van der Waals surface area contributed by atoms with Crippen LogP contribution in [0.4, 0.5) is 5.95 Å². The maximum absolute atomic E-state index is 5.15. The van der Waals surface area contributed by atoms with Crippen LogP contribution in [-0.4, -0.2) is 42.8 Å². The first-order valence-corrected chi connectivity index (χ1v) is 7.20. The number of aromatic nitrogens is 2. The summed E-state index contributed by atoms with van der Waals surface area (Å²) in [7, 11) is 1.64. The van der Waals surface area contributed by atoms with E-state index in [2.05, 4.69) is 20.2 Å². The number of hydrogen-bond donors (Lipinski definition) is 1. The third-order valence-corrected chi connectivity index (χ3v) is 4.00. The first kappa shape index (κ1) is 12.7. The zero-order valence-corrected chi connectivity index (χ0v) is 11.5. The number of methoxy groups -OCH3 is 1. The van der Waals surface area contributed by atoms with Crippen molar-refractivity contribution in [2.45, 2.75) is 31.7 Å². The summed E-state index contributed by atoms with van der Waals surface area (Å²) in [6, 6.07) is 2.45. The Morgan fingerprint density at radius 3 is 2.79 bits per heavy atom. The Morgan fingerprint density at radius 1 is 1.32 bits per heavy atom. The molecule has 5 heteroatoms. The van der Waals surface area contributed by atoms with Crippen molar-refractivity contribution in [2.24, 2.45) is 5.92 Å². The summed E-state index contributed by atoms with van der Waals surface area (Å²) < 4.78 is 5.15. The van der Waals surface area contributed by atoms with Crippen molar-refractivity contribution < 1.29 is 4.74 Å². The van der Waals surface area contributed by atoms with Crippen LogP contribution in [0.2, 0.25) is 0 Å². The molecule has 19 heavy (non-hydrogen) atoms. The molecular weight excluding hydrogens is 240 g/mol. The third kappa shape index (κ3) is 3.35. The van der Waals surface area contributed by atoms with Crippen molar-refractivity contribution in [1.29, 1.82) is 0 Å². The van der Waals surface area contributed by atoms with E-state index in [1.165, 1.54) is 32.2 Å². The van der Waals surface area contributed by atoms with Gasteiger partial charge in [0.05, 0.1) is 7.11 Å². The van der Waals surface area contributed by atoms with Crippen molar-refractivity contribution in [3.05, 3.63) is 12.3 Å². The normalized spacial score (nSPS) is 20.6. The molecule has 0 radical (unpaired) electrons. The van der Waals surface area contributed by atoms with E-state index in [9.17, 15) is 0 Å². The number of nitrogens with zero attached hydrogens (tertiary/aromatic N) is 3. The molecule has 1 aliphatic carbocycles. The van der Waals surface area contributed by atoms with Gasteiger partial charge in [-0.2, -0.15) is 4.98 Å². The molecule has 5 nitrogen and oxygen atoms in total. The predicted octanol–water partition coefficient (Wildman–Crippen LogP) is 1.45. The first-order valence-electron chi connectivity index (χ1n) is 7.20. The highest BCUT2D eigenvalue weighted by molar-refractivity contribution is 5.32. The van der Waals surface area contributed by atoms with Crippen LogP contribution in [0.5, 0.6) is 5.88 Å². The second-order valence-electron chi connectivity index (χ2n) is 5.51. The van der Waals surface area contributed by atoms with Gasteiger partial charge in [0, 0.05) is 31.4 Å². The molecule has 0 aromatic carbocycles. The van der Waals surface area contributed by atoms with Gasteiger partial charge in [0.2, 0.25) is 11.8 Å². The molecule has 1 saturated heterocycles. The molecular formula is C14H22N4O. The Bertz CT molecular complexity index is 414. The summed E-state index contributed by atoms with van der Waals surface area (Å²) in [6.07, 6.45) is 6.95. The Labute approximate surface area is 114 Å². The third-order valence-electron chi connectivity index (χ3n) is 4.00. The van der Waals surface area contributed by atoms with E-state index in [1.54, 1.807) is 19.4 Å². The minimum atomic E-state index is 0.638. The molecule has 1 N–H and O–H groups in total. The van der Waals surface area contributed by atoms with E-state index in [0.29, 0.717) is 11.9 Å². The molecule has 0 atom stereocenters. The Kier molecular flexibility index (Phi) is 3.82. The average Bonchev–Trinajstić information content (AvgIpc) is 3.30. The number of piperidine rings is 1. The van der Waals surface area contributed by atoms with Crippen molar-refractivity contribution >= 4 is 5.95 Å². The van der Waals surface area contributed by atoms with E-state index in [0.717, 1.165) is 25.0 Å². The molecule has 0 unspecified atom stereocenters. The van der Waals surface area contributed by atoms with Crippen molar-refractivity contribution in [3.63, 3.8) is 0 Å². The molecule has 104 valence electrons. The van der Waals surface area contributed by atoms with Crippen molar-refractivity contribution in [1.82, 2.24) is 15.3 Å². The topological polar surface area (TPSA) is 50.3 Å². The number of rotatable bonds is 5. The summed E-state index contributed by atoms with van der Waals surface area (Å²) in [5.41, 5.74) is 0. The Balaban J connectivity index is 1.50. The molecule has 2 fully saturated rings. The summed E-state index contributed by atoms with van der Waals surface area (Å²) in [5, 5.41) is 3.69. The lowest BCUT2D eigenvalue weighted by Gasteiger charge is -2.32. The van der Waals surface area contributed by atoms with E-state index in [4.69, 9.17) is 4.74 Å². The van der Waals surface area contributed by atoms with Gasteiger partial charge in [0.1, 0.15) is 0 Å². The number of anilines is 1. The van der Waals surface area contributed by atoms with E-state index < -0.39 is 0 Å². The van der Waals surface area contributed by atoms with Crippen LogP contribution in [0.25, 0.3) is 0 Å². The molecule has 1 saturated carbocycles. The minimum absolute atomic E-state index is 0.638. The van der Waals surface area contributed by atoms with Crippen LogP contribution >= 0.6 is 0 Å². The maximum atomic E-state index is 5.15. The maximum Gasteiger partial charge on any atom is 0.228 e. The van der Waals surface area contributed by atoms with Crippen LogP contribution in [0, 0.1) is 5.92 Å². The van der Waals surface area contributed by atoms with Crippen molar-refractivity contribution in [3.8, 4) is 5.88 Å². The lowest BCUT2D eigenvalue weighted by Crippen LogP contribution is -2.43. The number of nitrogens with one attached hydrogen (secondary N) is 1. The molecule has 1 aromatic rings. The Morgan fingerprint density at radius 2 is 2.11 bits per heavy atom. The lowest BCUT2D eigenvalue weighted by molar-refractivity contribution is 0.390. The van der Waals surface area contributed by atoms with Crippen LogP contribution in [0.15, 0.2) is 12.3 Å². The molecule has 1 aliphatic heterocycles. The molecule has 2 aliphatic rings. The zero-order valence-electron chi connectivity index (χ0n) is 11.5.